The quantitative estimate of drug-likeness (QED) is 0.619. The fourth-order valence-electron chi connectivity index (χ4n) is 3.88. The summed E-state index contributed by atoms with van der Waals surface area (Å²) in [5.41, 5.74) is -0.688. The number of amides is 3. The molecule has 2 atom stereocenters. The largest absolute Gasteiger partial charge is 0.416 e. The fraction of sp³-hybridized carbons (Fsp3) is 0.455. The summed E-state index contributed by atoms with van der Waals surface area (Å²) in [6.07, 6.45) is -2.55. The van der Waals surface area contributed by atoms with Crippen LogP contribution >= 0.6 is 11.3 Å². The van der Waals surface area contributed by atoms with Crippen molar-refractivity contribution in [3.05, 3.63) is 52.2 Å². The van der Waals surface area contributed by atoms with Gasteiger partial charge in [0.15, 0.2) is 0 Å². The van der Waals surface area contributed by atoms with E-state index in [9.17, 15) is 22.8 Å². The average molecular weight is 454 g/mol. The first-order valence-electron chi connectivity index (χ1n) is 10.3. The maximum atomic E-state index is 12.9. The molecule has 3 rings (SSSR count). The van der Waals surface area contributed by atoms with E-state index in [4.69, 9.17) is 0 Å². The van der Waals surface area contributed by atoms with Crippen molar-refractivity contribution in [1.29, 1.82) is 0 Å². The fourth-order valence-corrected chi connectivity index (χ4v) is 4.53. The SMILES string of the molecule is CC[C@@H]1CN(C(=O)Nc2cccc(C(F)(F)F)c2)CC[C@H]1CC(=O)NCc1cccs1. The average Bonchev–Trinajstić information content (AvgIpc) is 3.26. The summed E-state index contributed by atoms with van der Waals surface area (Å²) in [6.45, 7) is 3.48. The van der Waals surface area contributed by atoms with E-state index in [0.717, 1.165) is 23.4 Å². The van der Waals surface area contributed by atoms with Gasteiger partial charge in [0.2, 0.25) is 5.91 Å². The smallest absolute Gasteiger partial charge is 0.351 e. The Morgan fingerprint density at radius 1 is 1.19 bits per heavy atom. The van der Waals surface area contributed by atoms with Gasteiger partial charge in [0, 0.05) is 30.1 Å². The molecule has 0 spiro atoms. The van der Waals surface area contributed by atoms with Crippen LogP contribution in [0, 0.1) is 11.8 Å². The number of rotatable bonds is 6. The summed E-state index contributed by atoms with van der Waals surface area (Å²) >= 11 is 1.59. The lowest BCUT2D eigenvalue weighted by Crippen LogP contribution is -2.46. The molecule has 1 aliphatic rings. The van der Waals surface area contributed by atoms with Crippen molar-refractivity contribution in [3.63, 3.8) is 0 Å². The second kappa shape index (κ2) is 10.2. The third-order valence-corrected chi connectivity index (χ3v) is 6.51. The Bertz CT molecular complexity index is 886. The summed E-state index contributed by atoms with van der Waals surface area (Å²) < 4.78 is 38.7. The predicted molar refractivity (Wildman–Crippen MR) is 115 cm³/mol. The van der Waals surface area contributed by atoms with E-state index >= 15 is 0 Å². The maximum Gasteiger partial charge on any atom is 0.416 e. The summed E-state index contributed by atoms with van der Waals surface area (Å²) in [6, 6.07) is 8.11. The molecule has 0 radical (unpaired) electrons. The number of benzene rings is 1. The van der Waals surface area contributed by atoms with Gasteiger partial charge in [-0.2, -0.15) is 13.2 Å². The molecule has 1 fully saturated rings. The first-order chi connectivity index (χ1) is 14.8. The summed E-state index contributed by atoms with van der Waals surface area (Å²) in [5, 5.41) is 7.48. The number of urea groups is 1. The first kappa shape index (κ1) is 23.1. The van der Waals surface area contributed by atoms with Crippen LogP contribution in [0.4, 0.5) is 23.7 Å². The molecule has 0 bridgehead atoms. The summed E-state index contributed by atoms with van der Waals surface area (Å²) in [4.78, 5) is 27.7. The van der Waals surface area contributed by atoms with Crippen LogP contribution in [-0.2, 0) is 17.5 Å². The van der Waals surface area contributed by atoms with E-state index in [1.165, 1.54) is 12.1 Å². The van der Waals surface area contributed by atoms with Crippen LogP contribution < -0.4 is 10.6 Å². The van der Waals surface area contributed by atoms with Crippen molar-refractivity contribution in [2.24, 2.45) is 11.8 Å². The third-order valence-electron chi connectivity index (χ3n) is 5.63. The van der Waals surface area contributed by atoms with Crippen molar-refractivity contribution in [1.82, 2.24) is 10.2 Å². The van der Waals surface area contributed by atoms with E-state index in [1.54, 1.807) is 16.2 Å². The van der Waals surface area contributed by atoms with Gasteiger partial charge in [-0.15, -0.1) is 11.3 Å². The number of carbonyl (C=O) groups is 2. The number of carbonyl (C=O) groups excluding carboxylic acids is 2. The number of halogens is 3. The molecule has 0 aliphatic carbocycles. The van der Waals surface area contributed by atoms with Crippen LogP contribution in [0.1, 0.15) is 36.6 Å². The number of alkyl halides is 3. The molecule has 2 heterocycles. The van der Waals surface area contributed by atoms with E-state index in [0.29, 0.717) is 32.5 Å². The van der Waals surface area contributed by atoms with Crippen LogP contribution in [0.3, 0.4) is 0 Å². The molecule has 1 aromatic carbocycles. The lowest BCUT2D eigenvalue weighted by molar-refractivity contribution is -0.137. The summed E-state index contributed by atoms with van der Waals surface area (Å²) in [7, 11) is 0. The second-order valence-corrected chi connectivity index (χ2v) is 8.76. The van der Waals surface area contributed by atoms with E-state index < -0.39 is 17.8 Å². The molecule has 1 saturated heterocycles. The van der Waals surface area contributed by atoms with Gasteiger partial charge in [0.1, 0.15) is 0 Å². The number of likely N-dealkylation sites (tertiary alicyclic amines) is 1. The van der Waals surface area contributed by atoms with Crippen LogP contribution in [-0.4, -0.2) is 29.9 Å². The Morgan fingerprint density at radius 2 is 2.00 bits per heavy atom. The minimum absolute atomic E-state index is 0.00119. The van der Waals surface area contributed by atoms with Crippen LogP contribution in [0.25, 0.3) is 0 Å². The number of hydrogen-bond donors (Lipinski definition) is 2. The van der Waals surface area contributed by atoms with Crippen molar-refractivity contribution >= 4 is 29.0 Å². The third kappa shape index (κ3) is 6.46. The normalized spacial score (nSPS) is 19.2. The highest BCUT2D eigenvalue weighted by Crippen LogP contribution is 2.32. The Kier molecular flexibility index (Phi) is 7.59. The Morgan fingerprint density at radius 3 is 2.68 bits per heavy atom. The molecule has 3 amide bonds. The zero-order valence-electron chi connectivity index (χ0n) is 17.2. The Balaban J connectivity index is 1.52. The number of nitrogens with zero attached hydrogens (tertiary/aromatic N) is 1. The number of hydrogen-bond acceptors (Lipinski definition) is 3. The van der Waals surface area contributed by atoms with E-state index in [2.05, 4.69) is 10.6 Å². The lowest BCUT2D eigenvalue weighted by Gasteiger charge is -2.38. The van der Waals surface area contributed by atoms with Crippen molar-refractivity contribution in [2.75, 3.05) is 18.4 Å². The Labute approximate surface area is 183 Å². The maximum absolute atomic E-state index is 12.9. The highest BCUT2D eigenvalue weighted by Gasteiger charge is 2.33. The molecular formula is C22H26F3N3O2S. The minimum Gasteiger partial charge on any atom is -0.351 e. The molecule has 2 N–H and O–H groups in total. The lowest BCUT2D eigenvalue weighted by atomic mass is 9.81. The second-order valence-electron chi connectivity index (χ2n) is 7.73. The molecule has 31 heavy (non-hydrogen) atoms. The number of thiophene rings is 1. The molecule has 9 heteroatoms. The van der Waals surface area contributed by atoms with Crippen molar-refractivity contribution in [3.8, 4) is 0 Å². The van der Waals surface area contributed by atoms with Gasteiger partial charge >= 0.3 is 12.2 Å². The van der Waals surface area contributed by atoms with Gasteiger partial charge in [0.05, 0.1) is 12.1 Å². The zero-order valence-corrected chi connectivity index (χ0v) is 18.1. The zero-order chi connectivity index (χ0) is 22.4. The molecule has 1 aromatic heterocycles. The van der Waals surface area contributed by atoms with Gasteiger partial charge in [0.25, 0.3) is 0 Å². The number of anilines is 1. The van der Waals surface area contributed by atoms with Crippen molar-refractivity contribution < 1.29 is 22.8 Å². The van der Waals surface area contributed by atoms with Crippen molar-refractivity contribution in [2.45, 2.75) is 38.9 Å². The summed E-state index contributed by atoms with van der Waals surface area (Å²) in [5.74, 6) is 0.332. The minimum atomic E-state index is -4.46. The van der Waals surface area contributed by atoms with Gasteiger partial charge < -0.3 is 15.5 Å². The first-order valence-corrected chi connectivity index (χ1v) is 11.2. The number of piperidine rings is 1. The highest BCUT2D eigenvalue weighted by molar-refractivity contribution is 7.09. The Hall–Kier alpha value is -2.55. The van der Waals surface area contributed by atoms with Gasteiger partial charge in [-0.1, -0.05) is 25.5 Å². The standard InChI is InChI=1S/C22H26F3N3O2S/c1-2-15-14-28(21(30)27-18-6-3-5-17(12-18)22(23,24)25)9-8-16(15)11-20(29)26-13-19-7-4-10-31-19/h3-7,10,12,15-16H,2,8-9,11,13-14H2,1H3,(H,26,29)(H,27,30)/t15-,16+/m1/s1. The van der Waals surface area contributed by atoms with E-state index in [-0.39, 0.29) is 23.4 Å². The van der Waals surface area contributed by atoms with Crippen LogP contribution in [0.5, 0.6) is 0 Å². The molecule has 5 nitrogen and oxygen atoms in total. The van der Waals surface area contributed by atoms with Gasteiger partial charge in [-0.25, -0.2) is 4.79 Å². The topological polar surface area (TPSA) is 61.4 Å². The van der Waals surface area contributed by atoms with Crippen LogP contribution in [0.2, 0.25) is 0 Å². The number of nitrogens with one attached hydrogen (secondary N) is 2. The molecule has 168 valence electrons. The monoisotopic (exact) mass is 453 g/mol. The van der Waals surface area contributed by atoms with Gasteiger partial charge in [-0.3, -0.25) is 4.79 Å². The molecule has 2 aromatic rings. The molecule has 1 aliphatic heterocycles. The van der Waals surface area contributed by atoms with Crippen LogP contribution in [0.15, 0.2) is 41.8 Å². The predicted octanol–water partition coefficient (Wildman–Crippen LogP) is 5.35. The van der Waals surface area contributed by atoms with E-state index in [1.807, 2.05) is 24.4 Å². The highest BCUT2D eigenvalue weighted by atomic mass is 32.1. The molecule has 0 saturated carbocycles. The van der Waals surface area contributed by atoms with Gasteiger partial charge in [-0.05, 0) is 47.9 Å². The molecule has 0 unspecified atom stereocenters. The molecular weight excluding hydrogens is 427 g/mol.